The number of carbonyl (C=O) groups is 1. The molecule has 0 fully saturated rings. The Morgan fingerprint density at radius 2 is 2.12 bits per heavy atom. The van der Waals surface area contributed by atoms with Crippen LogP contribution in [0.25, 0.3) is 5.57 Å². The summed E-state index contributed by atoms with van der Waals surface area (Å²) in [6, 6.07) is 9.52. The smallest absolute Gasteiger partial charge is 0.341 e. The highest BCUT2D eigenvalue weighted by molar-refractivity contribution is 6.19. The van der Waals surface area contributed by atoms with Crippen LogP contribution in [0.15, 0.2) is 48.7 Å². The van der Waals surface area contributed by atoms with E-state index in [-0.39, 0.29) is 5.97 Å². The maximum Gasteiger partial charge on any atom is 0.341 e. The second-order valence-corrected chi connectivity index (χ2v) is 3.47. The van der Waals surface area contributed by atoms with E-state index in [1.165, 1.54) is 0 Å². The molecule has 3 heteroatoms. The number of hydrogen-bond donors (Lipinski definition) is 1. The zero-order chi connectivity index (χ0) is 11.4. The molecule has 1 aromatic carbocycles. The molecule has 1 heterocycles. The molecule has 1 aromatic rings. The third-order valence-electron chi connectivity index (χ3n) is 2.38. The number of hydrogen-bond acceptors (Lipinski definition) is 3. The minimum absolute atomic E-state index is 0.266. The maximum absolute atomic E-state index is 11.6. The second-order valence-electron chi connectivity index (χ2n) is 3.47. The fourth-order valence-corrected chi connectivity index (χ4v) is 1.64. The Bertz CT molecular complexity index is 435. The monoisotopic (exact) mass is 215 g/mol. The Morgan fingerprint density at radius 3 is 2.81 bits per heavy atom. The van der Waals surface area contributed by atoms with Crippen molar-refractivity contribution in [3.05, 3.63) is 54.2 Å². The molecule has 0 unspecified atom stereocenters. The van der Waals surface area contributed by atoms with Crippen molar-refractivity contribution in [2.45, 2.75) is 0 Å². The van der Waals surface area contributed by atoms with Crippen LogP contribution in [0.5, 0.6) is 0 Å². The lowest BCUT2D eigenvalue weighted by molar-refractivity contribution is -0.134. The van der Waals surface area contributed by atoms with E-state index < -0.39 is 0 Å². The van der Waals surface area contributed by atoms with Gasteiger partial charge in [0, 0.05) is 6.54 Å². The summed E-state index contributed by atoms with van der Waals surface area (Å²) >= 11 is 0. The standard InChI is InChI=1S/C13H13NO2/c1-2-8-14-11-9-16-13(15)12(11)10-6-4-3-5-7-10/h2-7,14H,1,8-9H2. The van der Waals surface area contributed by atoms with E-state index in [2.05, 4.69) is 11.9 Å². The predicted molar refractivity (Wildman–Crippen MR) is 62.5 cm³/mol. The van der Waals surface area contributed by atoms with E-state index in [0.29, 0.717) is 18.7 Å². The van der Waals surface area contributed by atoms with Gasteiger partial charge in [-0.15, -0.1) is 6.58 Å². The molecule has 0 atom stereocenters. The van der Waals surface area contributed by atoms with Crippen LogP contribution in [0.2, 0.25) is 0 Å². The van der Waals surface area contributed by atoms with Crippen LogP contribution < -0.4 is 5.32 Å². The highest BCUT2D eigenvalue weighted by atomic mass is 16.5. The van der Waals surface area contributed by atoms with Crippen molar-refractivity contribution >= 4 is 11.5 Å². The molecule has 0 amide bonds. The summed E-state index contributed by atoms with van der Waals surface area (Å²) in [4.78, 5) is 11.6. The second kappa shape index (κ2) is 4.66. The van der Waals surface area contributed by atoms with E-state index in [0.717, 1.165) is 11.3 Å². The van der Waals surface area contributed by atoms with Gasteiger partial charge in [0.15, 0.2) is 0 Å². The average molecular weight is 215 g/mol. The molecule has 0 aliphatic carbocycles. The number of esters is 1. The number of rotatable bonds is 4. The molecular formula is C13H13NO2. The number of nitrogens with one attached hydrogen (secondary N) is 1. The van der Waals surface area contributed by atoms with Crippen LogP contribution in [0.4, 0.5) is 0 Å². The fraction of sp³-hybridized carbons (Fsp3) is 0.154. The third kappa shape index (κ3) is 1.98. The van der Waals surface area contributed by atoms with Crippen LogP contribution in [0.1, 0.15) is 5.56 Å². The van der Waals surface area contributed by atoms with E-state index in [1.54, 1.807) is 6.08 Å². The van der Waals surface area contributed by atoms with Crippen molar-refractivity contribution in [2.75, 3.05) is 13.2 Å². The summed E-state index contributed by atoms with van der Waals surface area (Å²) in [5.41, 5.74) is 2.34. The Labute approximate surface area is 94.4 Å². The first-order valence-electron chi connectivity index (χ1n) is 5.13. The molecule has 0 aromatic heterocycles. The van der Waals surface area contributed by atoms with Gasteiger partial charge in [-0.05, 0) is 5.56 Å². The van der Waals surface area contributed by atoms with Crippen LogP contribution in [0.3, 0.4) is 0 Å². The third-order valence-corrected chi connectivity index (χ3v) is 2.38. The molecule has 1 aliphatic heterocycles. The molecule has 0 saturated carbocycles. The Balaban J connectivity index is 2.33. The first-order chi connectivity index (χ1) is 7.83. The van der Waals surface area contributed by atoms with Crippen molar-refractivity contribution in [2.24, 2.45) is 0 Å². The van der Waals surface area contributed by atoms with E-state index in [9.17, 15) is 4.79 Å². The van der Waals surface area contributed by atoms with Gasteiger partial charge >= 0.3 is 5.97 Å². The van der Waals surface area contributed by atoms with Gasteiger partial charge < -0.3 is 10.1 Å². The summed E-state index contributed by atoms with van der Waals surface area (Å²) in [6.45, 7) is 4.57. The zero-order valence-corrected chi connectivity index (χ0v) is 8.90. The van der Waals surface area contributed by atoms with Crippen molar-refractivity contribution in [1.82, 2.24) is 5.32 Å². The van der Waals surface area contributed by atoms with Gasteiger partial charge in [-0.1, -0.05) is 36.4 Å². The van der Waals surface area contributed by atoms with Gasteiger partial charge in [-0.25, -0.2) is 4.79 Å². The quantitative estimate of drug-likeness (QED) is 0.614. The Kier molecular flexibility index (Phi) is 3.05. The first kappa shape index (κ1) is 10.5. The topological polar surface area (TPSA) is 38.3 Å². The van der Waals surface area contributed by atoms with Gasteiger partial charge in [0.1, 0.15) is 6.61 Å². The van der Waals surface area contributed by atoms with E-state index >= 15 is 0 Å². The van der Waals surface area contributed by atoms with E-state index in [4.69, 9.17) is 4.74 Å². The van der Waals surface area contributed by atoms with Crippen molar-refractivity contribution in [3.8, 4) is 0 Å². The number of carbonyl (C=O) groups excluding carboxylic acids is 1. The Hall–Kier alpha value is -2.03. The zero-order valence-electron chi connectivity index (χ0n) is 8.90. The number of ether oxygens (including phenoxy) is 1. The maximum atomic E-state index is 11.6. The summed E-state index contributed by atoms with van der Waals surface area (Å²) in [6.07, 6.45) is 1.75. The molecule has 82 valence electrons. The minimum Gasteiger partial charge on any atom is -0.456 e. The fourth-order valence-electron chi connectivity index (χ4n) is 1.64. The molecule has 0 saturated heterocycles. The molecule has 3 nitrogen and oxygen atoms in total. The molecule has 2 rings (SSSR count). The molecule has 0 radical (unpaired) electrons. The molecule has 16 heavy (non-hydrogen) atoms. The van der Waals surface area contributed by atoms with Crippen LogP contribution in [-0.4, -0.2) is 19.1 Å². The van der Waals surface area contributed by atoms with Crippen molar-refractivity contribution < 1.29 is 9.53 Å². The van der Waals surface area contributed by atoms with Gasteiger partial charge in [0.25, 0.3) is 0 Å². The summed E-state index contributed by atoms with van der Waals surface area (Å²) in [5.74, 6) is -0.266. The van der Waals surface area contributed by atoms with Crippen LogP contribution >= 0.6 is 0 Å². The average Bonchev–Trinajstić information content (AvgIpc) is 2.69. The molecular weight excluding hydrogens is 202 g/mol. The summed E-state index contributed by atoms with van der Waals surface area (Å²) in [7, 11) is 0. The van der Waals surface area contributed by atoms with Gasteiger partial charge in [0.2, 0.25) is 0 Å². The van der Waals surface area contributed by atoms with Crippen molar-refractivity contribution in [1.29, 1.82) is 0 Å². The molecule has 0 spiro atoms. The summed E-state index contributed by atoms with van der Waals surface area (Å²) in [5, 5.41) is 3.13. The van der Waals surface area contributed by atoms with Gasteiger partial charge in [-0.3, -0.25) is 0 Å². The highest BCUT2D eigenvalue weighted by Gasteiger charge is 2.25. The SMILES string of the molecule is C=CCNC1=C(c2ccccc2)C(=O)OC1. The predicted octanol–water partition coefficient (Wildman–Crippen LogP) is 1.73. The first-order valence-corrected chi connectivity index (χ1v) is 5.13. The highest BCUT2D eigenvalue weighted by Crippen LogP contribution is 2.24. The van der Waals surface area contributed by atoms with Crippen molar-refractivity contribution in [3.63, 3.8) is 0 Å². The summed E-state index contributed by atoms with van der Waals surface area (Å²) < 4.78 is 5.02. The number of benzene rings is 1. The minimum atomic E-state index is -0.266. The van der Waals surface area contributed by atoms with Crippen LogP contribution in [-0.2, 0) is 9.53 Å². The van der Waals surface area contributed by atoms with Gasteiger partial charge in [0.05, 0.1) is 11.3 Å². The van der Waals surface area contributed by atoms with Crippen LogP contribution in [0, 0.1) is 0 Å². The Morgan fingerprint density at radius 1 is 1.38 bits per heavy atom. The molecule has 1 N–H and O–H groups in total. The van der Waals surface area contributed by atoms with Gasteiger partial charge in [-0.2, -0.15) is 0 Å². The molecule has 1 aliphatic rings. The number of cyclic esters (lactones) is 1. The largest absolute Gasteiger partial charge is 0.456 e. The normalized spacial score (nSPS) is 14.9. The lowest BCUT2D eigenvalue weighted by Crippen LogP contribution is -2.15. The molecule has 0 bridgehead atoms. The lowest BCUT2D eigenvalue weighted by atomic mass is 10.1. The van der Waals surface area contributed by atoms with E-state index in [1.807, 2.05) is 30.3 Å². The lowest BCUT2D eigenvalue weighted by Gasteiger charge is -2.04.